The van der Waals surface area contributed by atoms with Crippen LogP contribution in [0, 0.1) is 11.3 Å². The van der Waals surface area contributed by atoms with E-state index in [-0.39, 0.29) is 18.7 Å². The number of hydrogen-bond acceptors (Lipinski definition) is 6. The van der Waals surface area contributed by atoms with E-state index in [0.29, 0.717) is 30.9 Å². The van der Waals surface area contributed by atoms with E-state index in [9.17, 15) is 4.79 Å². The lowest BCUT2D eigenvalue weighted by molar-refractivity contribution is -0.158. The summed E-state index contributed by atoms with van der Waals surface area (Å²) in [6.45, 7) is 3.60. The second-order valence-corrected chi connectivity index (χ2v) is 5.62. The molecule has 0 N–H and O–H groups in total. The number of esters is 1. The van der Waals surface area contributed by atoms with Gasteiger partial charge in [-0.3, -0.25) is 0 Å². The number of rotatable bonds is 9. The zero-order valence-corrected chi connectivity index (χ0v) is 13.9. The highest BCUT2D eigenvalue weighted by molar-refractivity contribution is 5.74. The quantitative estimate of drug-likeness (QED) is 0.510. The number of nitrogens with zero attached hydrogens (tertiary/aromatic N) is 1. The Kier molecular flexibility index (Phi) is 7.53. The number of carbonyl (C=O) groups excluding carboxylic acids is 1. The van der Waals surface area contributed by atoms with Crippen LogP contribution in [-0.4, -0.2) is 44.6 Å². The number of carbonyl (C=O) groups is 1. The molecule has 130 valence electrons. The van der Waals surface area contributed by atoms with Crippen LogP contribution in [0.2, 0.25) is 0 Å². The van der Waals surface area contributed by atoms with E-state index in [0.717, 1.165) is 19.4 Å². The summed E-state index contributed by atoms with van der Waals surface area (Å²) in [5.41, 5.74) is 0.591. The summed E-state index contributed by atoms with van der Waals surface area (Å²) < 4.78 is 21.6. The molecule has 0 amide bonds. The molecule has 2 atom stereocenters. The highest BCUT2D eigenvalue weighted by Crippen LogP contribution is 2.13. The van der Waals surface area contributed by atoms with Gasteiger partial charge in [-0.2, -0.15) is 5.26 Å². The fraction of sp³-hybridized carbons (Fsp3) is 0.556. The van der Waals surface area contributed by atoms with Crippen LogP contribution in [0.15, 0.2) is 24.3 Å². The van der Waals surface area contributed by atoms with Crippen LogP contribution in [0.25, 0.3) is 0 Å². The van der Waals surface area contributed by atoms with Crippen LogP contribution in [0.1, 0.15) is 31.7 Å². The Morgan fingerprint density at radius 1 is 1.38 bits per heavy atom. The van der Waals surface area contributed by atoms with E-state index in [1.807, 2.05) is 6.07 Å². The summed E-state index contributed by atoms with van der Waals surface area (Å²) in [5, 5.41) is 8.71. The van der Waals surface area contributed by atoms with Gasteiger partial charge >= 0.3 is 5.97 Å². The molecule has 2 unspecified atom stereocenters. The molecular formula is C18H23NO5. The van der Waals surface area contributed by atoms with Crippen molar-refractivity contribution in [2.45, 2.75) is 38.4 Å². The number of benzene rings is 1. The maximum absolute atomic E-state index is 11.8. The summed E-state index contributed by atoms with van der Waals surface area (Å²) >= 11 is 0. The molecule has 0 spiro atoms. The molecule has 24 heavy (non-hydrogen) atoms. The standard InChI is InChI=1S/C18H23NO5/c1-14(24-13-17-4-2-9-22-17)18(20)23-11-3-10-21-16-7-5-15(12-19)6-8-16/h5-8,14,17H,2-4,9-11,13H2,1H3. The first kappa shape index (κ1) is 18.2. The van der Waals surface area contributed by atoms with Gasteiger partial charge in [0, 0.05) is 13.0 Å². The van der Waals surface area contributed by atoms with E-state index in [2.05, 4.69) is 0 Å². The van der Waals surface area contributed by atoms with Crippen LogP contribution in [0.4, 0.5) is 0 Å². The lowest BCUT2D eigenvalue weighted by atomic mass is 10.2. The monoisotopic (exact) mass is 333 g/mol. The molecule has 6 nitrogen and oxygen atoms in total. The van der Waals surface area contributed by atoms with Gasteiger partial charge in [0.2, 0.25) is 0 Å². The SMILES string of the molecule is CC(OCC1CCCO1)C(=O)OCCCOc1ccc(C#N)cc1. The maximum Gasteiger partial charge on any atom is 0.334 e. The zero-order valence-electron chi connectivity index (χ0n) is 13.9. The van der Waals surface area contributed by atoms with Gasteiger partial charge in [0.25, 0.3) is 0 Å². The van der Waals surface area contributed by atoms with E-state index in [1.54, 1.807) is 31.2 Å². The van der Waals surface area contributed by atoms with Crippen LogP contribution in [-0.2, 0) is 19.0 Å². The van der Waals surface area contributed by atoms with Gasteiger partial charge in [-0.05, 0) is 44.0 Å². The molecule has 0 radical (unpaired) electrons. The maximum atomic E-state index is 11.8. The van der Waals surface area contributed by atoms with Crippen molar-refractivity contribution in [2.24, 2.45) is 0 Å². The summed E-state index contributed by atoms with van der Waals surface area (Å²) in [5.74, 6) is 0.319. The Bertz CT molecular complexity index is 546. The summed E-state index contributed by atoms with van der Waals surface area (Å²) in [6, 6.07) is 8.93. The van der Waals surface area contributed by atoms with Crippen molar-refractivity contribution in [3.63, 3.8) is 0 Å². The minimum Gasteiger partial charge on any atom is -0.493 e. The molecule has 6 heteroatoms. The average Bonchev–Trinajstić information content (AvgIpc) is 3.13. The van der Waals surface area contributed by atoms with E-state index in [4.69, 9.17) is 24.2 Å². The molecule has 1 aromatic carbocycles. The van der Waals surface area contributed by atoms with Crippen molar-refractivity contribution < 1.29 is 23.7 Å². The van der Waals surface area contributed by atoms with Crippen LogP contribution < -0.4 is 4.74 Å². The molecule has 0 bridgehead atoms. The largest absolute Gasteiger partial charge is 0.493 e. The van der Waals surface area contributed by atoms with E-state index >= 15 is 0 Å². The van der Waals surface area contributed by atoms with Crippen molar-refractivity contribution in [1.82, 2.24) is 0 Å². The first-order valence-electron chi connectivity index (χ1n) is 8.22. The topological polar surface area (TPSA) is 77.8 Å². The Morgan fingerprint density at radius 3 is 2.83 bits per heavy atom. The average molecular weight is 333 g/mol. The molecule has 1 saturated heterocycles. The molecule has 1 fully saturated rings. The Morgan fingerprint density at radius 2 is 2.17 bits per heavy atom. The number of hydrogen-bond donors (Lipinski definition) is 0. The van der Waals surface area contributed by atoms with Crippen LogP contribution in [0.3, 0.4) is 0 Å². The Balaban J connectivity index is 1.54. The lowest BCUT2D eigenvalue weighted by Gasteiger charge is -2.15. The number of ether oxygens (including phenoxy) is 4. The smallest absolute Gasteiger partial charge is 0.334 e. The second kappa shape index (κ2) is 9.91. The van der Waals surface area contributed by atoms with E-state index in [1.165, 1.54) is 0 Å². The molecule has 1 aliphatic rings. The fourth-order valence-corrected chi connectivity index (χ4v) is 2.26. The third kappa shape index (κ3) is 6.19. The van der Waals surface area contributed by atoms with Gasteiger partial charge in [-0.15, -0.1) is 0 Å². The molecule has 0 saturated carbocycles. The van der Waals surface area contributed by atoms with Gasteiger partial charge in [0.15, 0.2) is 6.10 Å². The molecular weight excluding hydrogens is 310 g/mol. The van der Waals surface area contributed by atoms with Gasteiger partial charge in [-0.25, -0.2) is 4.79 Å². The lowest BCUT2D eigenvalue weighted by Crippen LogP contribution is -2.27. The van der Waals surface area contributed by atoms with Crippen molar-refractivity contribution in [1.29, 1.82) is 5.26 Å². The van der Waals surface area contributed by atoms with Crippen molar-refractivity contribution in [2.75, 3.05) is 26.4 Å². The molecule has 2 rings (SSSR count). The Labute approximate surface area is 142 Å². The summed E-state index contributed by atoms with van der Waals surface area (Å²) in [6.07, 6.45) is 2.12. The normalized spacial score (nSPS) is 17.9. The van der Waals surface area contributed by atoms with E-state index < -0.39 is 6.10 Å². The van der Waals surface area contributed by atoms with Crippen LogP contribution >= 0.6 is 0 Å². The number of nitriles is 1. The van der Waals surface area contributed by atoms with Gasteiger partial charge in [0.1, 0.15) is 5.75 Å². The zero-order chi connectivity index (χ0) is 17.2. The highest BCUT2D eigenvalue weighted by atomic mass is 16.6. The first-order valence-corrected chi connectivity index (χ1v) is 8.22. The van der Waals surface area contributed by atoms with Crippen molar-refractivity contribution >= 4 is 5.97 Å². The fourth-order valence-electron chi connectivity index (χ4n) is 2.26. The first-order chi connectivity index (χ1) is 11.7. The third-order valence-electron chi connectivity index (χ3n) is 3.67. The van der Waals surface area contributed by atoms with Gasteiger partial charge in [0.05, 0.1) is 37.6 Å². The second-order valence-electron chi connectivity index (χ2n) is 5.62. The van der Waals surface area contributed by atoms with Gasteiger partial charge < -0.3 is 18.9 Å². The molecule has 0 aliphatic carbocycles. The van der Waals surface area contributed by atoms with Gasteiger partial charge in [-0.1, -0.05) is 0 Å². The minimum absolute atomic E-state index is 0.0982. The summed E-state index contributed by atoms with van der Waals surface area (Å²) in [4.78, 5) is 11.8. The summed E-state index contributed by atoms with van der Waals surface area (Å²) in [7, 11) is 0. The van der Waals surface area contributed by atoms with Crippen LogP contribution in [0.5, 0.6) is 5.75 Å². The predicted octanol–water partition coefficient (Wildman–Crippen LogP) is 2.45. The minimum atomic E-state index is -0.589. The highest BCUT2D eigenvalue weighted by Gasteiger charge is 2.20. The molecule has 1 aliphatic heterocycles. The molecule has 0 aromatic heterocycles. The third-order valence-corrected chi connectivity index (χ3v) is 3.67. The van der Waals surface area contributed by atoms with Crippen molar-refractivity contribution in [3.8, 4) is 11.8 Å². The predicted molar refractivity (Wildman–Crippen MR) is 86.6 cm³/mol. The Hall–Kier alpha value is -2.10. The van der Waals surface area contributed by atoms with Crippen molar-refractivity contribution in [3.05, 3.63) is 29.8 Å². The molecule has 1 aromatic rings. The molecule has 1 heterocycles.